The van der Waals surface area contributed by atoms with Gasteiger partial charge in [-0.05, 0) is 28.5 Å². The highest BCUT2D eigenvalue weighted by atomic mass is 16.4. The Hall–Kier alpha value is -1.87. The molecule has 3 nitrogen and oxygen atoms in total. The van der Waals surface area contributed by atoms with Gasteiger partial charge in [-0.15, -0.1) is 0 Å². The van der Waals surface area contributed by atoms with Crippen molar-refractivity contribution in [3.63, 3.8) is 0 Å². The van der Waals surface area contributed by atoms with Crippen molar-refractivity contribution in [2.24, 2.45) is 5.73 Å². The molecule has 76 valence electrons. The van der Waals surface area contributed by atoms with Crippen LogP contribution in [0.3, 0.4) is 0 Å². The molecule has 0 saturated carbocycles. The smallest absolute Gasteiger partial charge is 0.336 e. The van der Waals surface area contributed by atoms with Crippen molar-refractivity contribution in [2.75, 3.05) is 0 Å². The Kier molecular flexibility index (Phi) is 2.39. The fourth-order valence-corrected chi connectivity index (χ4v) is 1.67. The van der Waals surface area contributed by atoms with Crippen LogP contribution in [0.4, 0.5) is 0 Å². The highest BCUT2D eigenvalue weighted by molar-refractivity contribution is 6.03. The summed E-state index contributed by atoms with van der Waals surface area (Å²) in [5, 5.41) is 10.7. The van der Waals surface area contributed by atoms with Gasteiger partial charge in [0.25, 0.3) is 0 Å². The lowest BCUT2D eigenvalue weighted by Crippen LogP contribution is -2.02. The molecule has 0 unspecified atom stereocenters. The number of carboxylic acids is 1. The number of carbonyl (C=O) groups is 1. The topological polar surface area (TPSA) is 63.3 Å². The molecular weight excluding hydrogens is 190 g/mol. The van der Waals surface area contributed by atoms with E-state index >= 15 is 0 Å². The maximum Gasteiger partial charge on any atom is 0.336 e. The molecule has 2 rings (SSSR count). The second kappa shape index (κ2) is 3.71. The fraction of sp³-hybridized carbons (Fsp3) is 0.0833. The minimum absolute atomic E-state index is 0.313. The molecule has 0 radical (unpaired) electrons. The molecule has 2 aromatic carbocycles. The van der Waals surface area contributed by atoms with Crippen molar-refractivity contribution >= 4 is 16.7 Å². The van der Waals surface area contributed by atoms with E-state index in [2.05, 4.69) is 0 Å². The predicted molar refractivity (Wildman–Crippen MR) is 58.8 cm³/mol. The van der Waals surface area contributed by atoms with Crippen LogP contribution in [0.2, 0.25) is 0 Å². The second-order valence-electron chi connectivity index (χ2n) is 3.37. The molecule has 0 amide bonds. The molecule has 15 heavy (non-hydrogen) atoms. The van der Waals surface area contributed by atoms with E-state index in [1.165, 1.54) is 0 Å². The molecule has 0 aliphatic rings. The Labute approximate surface area is 87.1 Å². The predicted octanol–water partition coefficient (Wildman–Crippen LogP) is 2.00. The Morgan fingerprint density at radius 2 is 2.00 bits per heavy atom. The summed E-state index contributed by atoms with van der Waals surface area (Å²) in [6.45, 7) is 0.352. The van der Waals surface area contributed by atoms with Crippen LogP contribution in [0.15, 0.2) is 36.4 Å². The summed E-state index contributed by atoms with van der Waals surface area (Å²) in [6, 6.07) is 11.0. The van der Waals surface area contributed by atoms with Crippen molar-refractivity contribution < 1.29 is 9.90 Å². The standard InChI is InChI=1S/C12H11NO2/c13-7-8-5-9-3-1-2-4-10(9)11(6-8)12(14)15/h1-6H,7,13H2,(H,14,15). The largest absolute Gasteiger partial charge is 0.478 e. The van der Waals surface area contributed by atoms with E-state index < -0.39 is 5.97 Å². The number of carboxylic acid groups (broad SMARTS) is 1. The molecule has 2 aromatic rings. The van der Waals surface area contributed by atoms with E-state index in [4.69, 9.17) is 10.8 Å². The Morgan fingerprint density at radius 1 is 1.27 bits per heavy atom. The van der Waals surface area contributed by atoms with Gasteiger partial charge in [-0.3, -0.25) is 0 Å². The normalized spacial score (nSPS) is 10.5. The van der Waals surface area contributed by atoms with E-state index in [0.717, 1.165) is 16.3 Å². The molecule has 0 fully saturated rings. The Morgan fingerprint density at radius 3 is 2.67 bits per heavy atom. The maximum absolute atomic E-state index is 11.0. The van der Waals surface area contributed by atoms with Crippen LogP contribution in [0.25, 0.3) is 10.8 Å². The van der Waals surface area contributed by atoms with Gasteiger partial charge in [-0.1, -0.05) is 24.3 Å². The van der Waals surface area contributed by atoms with Crippen molar-refractivity contribution in [2.45, 2.75) is 6.54 Å². The molecule has 0 saturated heterocycles. The third-order valence-electron chi connectivity index (χ3n) is 2.39. The lowest BCUT2D eigenvalue weighted by atomic mass is 10.0. The lowest BCUT2D eigenvalue weighted by Gasteiger charge is -2.05. The number of hydrogen-bond acceptors (Lipinski definition) is 2. The number of fused-ring (bicyclic) bond motifs is 1. The zero-order chi connectivity index (χ0) is 10.8. The van der Waals surface area contributed by atoms with Gasteiger partial charge < -0.3 is 10.8 Å². The van der Waals surface area contributed by atoms with Gasteiger partial charge in [0, 0.05) is 6.54 Å². The molecule has 0 spiro atoms. The van der Waals surface area contributed by atoms with Crippen molar-refractivity contribution in [1.29, 1.82) is 0 Å². The minimum Gasteiger partial charge on any atom is -0.478 e. The Bertz CT molecular complexity index is 520. The molecule has 0 bridgehead atoms. The summed E-state index contributed by atoms with van der Waals surface area (Å²) >= 11 is 0. The maximum atomic E-state index is 11.0. The van der Waals surface area contributed by atoms with Crippen LogP contribution in [0.5, 0.6) is 0 Å². The number of rotatable bonds is 2. The van der Waals surface area contributed by atoms with Gasteiger partial charge in [0.05, 0.1) is 5.56 Å². The van der Waals surface area contributed by atoms with E-state index in [0.29, 0.717) is 12.1 Å². The van der Waals surface area contributed by atoms with Crippen LogP contribution in [0, 0.1) is 0 Å². The van der Waals surface area contributed by atoms with E-state index in [1.807, 2.05) is 24.3 Å². The molecular formula is C12H11NO2. The van der Waals surface area contributed by atoms with Crippen LogP contribution >= 0.6 is 0 Å². The highest BCUT2D eigenvalue weighted by Gasteiger charge is 2.09. The third-order valence-corrected chi connectivity index (χ3v) is 2.39. The van der Waals surface area contributed by atoms with Gasteiger partial charge in [0.15, 0.2) is 0 Å². The summed E-state index contributed by atoms with van der Waals surface area (Å²) in [7, 11) is 0. The van der Waals surface area contributed by atoms with Crippen LogP contribution < -0.4 is 5.73 Å². The zero-order valence-electron chi connectivity index (χ0n) is 8.10. The summed E-state index contributed by atoms with van der Waals surface area (Å²) in [5.41, 5.74) is 6.67. The first-order valence-corrected chi connectivity index (χ1v) is 4.67. The highest BCUT2D eigenvalue weighted by Crippen LogP contribution is 2.21. The Balaban J connectivity index is 2.80. The van der Waals surface area contributed by atoms with Crippen LogP contribution in [0.1, 0.15) is 15.9 Å². The molecule has 0 aromatic heterocycles. The average molecular weight is 201 g/mol. The first kappa shape index (κ1) is 9.68. The fourth-order valence-electron chi connectivity index (χ4n) is 1.67. The average Bonchev–Trinajstić information content (AvgIpc) is 2.27. The van der Waals surface area contributed by atoms with Crippen molar-refractivity contribution in [3.8, 4) is 0 Å². The molecule has 3 N–H and O–H groups in total. The second-order valence-corrected chi connectivity index (χ2v) is 3.37. The SMILES string of the molecule is NCc1cc(C(=O)O)c2ccccc2c1. The zero-order valence-corrected chi connectivity index (χ0v) is 8.10. The summed E-state index contributed by atoms with van der Waals surface area (Å²) in [5.74, 6) is -0.915. The third kappa shape index (κ3) is 1.69. The first-order chi connectivity index (χ1) is 7.22. The number of nitrogens with two attached hydrogens (primary N) is 1. The summed E-state index contributed by atoms with van der Waals surface area (Å²) in [4.78, 5) is 11.0. The van der Waals surface area contributed by atoms with Gasteiger partial charge >= 0.3 is 5.97 Å². The lowest BCUT2D eigenvalue weighted by molar-refractivity contribution is 0.0699. The molecule has 0 heterocycles. The van der Waals surface area contributed by atoms with Crippen LogP contribution in [-0.2, 0) is 6.54 Å². The summed E-state index contributed by atoms with van der Waals surface area (Å²) < 4.78 is 0. The van der Waals surface area contributed by atoms with Crippen molar-refractivity contribution in [1.82, 2.24) is 0 Å². The van der Waals surface area contributed by atoms with Crippen molar-refractivity contribution in [3.05, 3.63) is 47.5 Å². The molecule has 0 aliphatic carbocycles. The number of benzene rings is 2. The van der Waals surface area contributed by atoms with Crippen LogP contribution in [-0.4, -0.2) is 11.1 Å². The van der Waals surface area contributed by atoms with E-state index in [1.54, 1.807) is 12.1 Å². The molecule has 0 aliphatic heterocycles. The van der Waals surface area contributed by atoms with Gasteiger partial charge in [-0.25, -0.2) is 4.79 Å². The minimum atomic E-state index is -0.915. The van der Waals surface area contributed by atoms with Gasteiger partial charge in [-0.2, -0.15) is 0 Å². The molecule has 3 heteroatoms. The monoisotopic (exact) mass is 201 g/mol. The van der Waals surface area contributed by atoms with Gasteiger partial charge in [0.1, 0.15) is 0 Å². The van der Waals surface area contributed by atoms with E-state index in [9.17, 15) is 4.79 Å². The number of hydrogen-bond donors (Lipinski definition) is 2. The van der Waals surface area contributed by atoms with Gasteiger partial charge in [0.2, 0.25) is 0 Å². The molecule has 0 atom stereocenters. The number of aromatic carboxylic acids is 1. The quantitative estimate of drug-likeness (QED) is 0.781. The van der Waals surface area contributed by atoms with E-state index in [-0.39, 0.29) is 0 Å². The first-order valence-electron chi connectivity index (χ1n) is 4.67. The summed E-state index contributed by atoms with van der Waals surface area (Å²) in [6.07, 6.45) is 0.